The molecule has 6 nitrogen and oxygen atoms in total. The number of hydrogen-bond donors (Lipinski definition) is 1. The van der Waals surface area contributed by atoms with Gasteiger partial charge in [-0.2, -0.15) is 9.97 Å². The first-order valence-corrected chi connectivity index (χ1v) is 8.98. The molecule has 0 radical (unpaired) electrons. The van der Waals surface area contributed by atoms with Crippen LogP contribution in [0.15, 0.2) is 73.1 Å². The van der Waals surface area contributed by atoms with Gasteiger partial charge in [-0.25, -0.2) is 0 Å². The van der Waals surface area contributed by atoms with Gasteiger partial charge in [-0.1, -0.05) is 30.3 Å². The molecule has 0 fully saturated rings. The van der Waals surface area contributed by atoms with Crippen LogP contribution in [0.5, 0.6) is 17.6 Å². The molecule has 2 heterocycles. The minimum Gasteiger partial charge on any atom is -0.493 e. The Morgan fingerprint density at radius 1 is 0.964 bits per heavy atom. The normalized spacial score (nSPS) is 11.9. The van der Waals surface area contributed by atoms with E-state index in [2.05, 4.69) is 46.0 Å². The number of hydrogen-bond acceptors (Lipinski definition) is 6. The molecule has 0 amide bonds. The first kappa shape index (κ1) is 17.7. The molecule has 0 aliphatic rings. The highest BCUT2D eigenvalue weighted by Gasteiger charge is 2.13. The number of benzene rings is 2. The van der Waals surface area contributed by atoms with Crippen molar-refractivity contribution in [2.75, 3.05) is 11.9 Å². The zero-order valence-corrected chi connectivity index (χ0v) is 15.6. The van der Waals surface area contributed by atoms with Gasteiger partial charge in [0.25, 0.3) is 0 Å². The summed E-state index contributed by atoms with van der Waals surface area (Å²) in [5.41, 5.74) is 2.84. The zero-order chi connectivity index (χ0) is 19.5. The number of ether oxygens (including phenoxy) is 1. The van der Waals surface area contributed by atoms with Gasteiger partial charge in [0, 0.05) is 18.9 Å². The van der Waals surface area contributed by atoms with Crippen molar-refractivity contribution in [1.29, 1.82) is 0 Å². The predicted molar refractivity (Wildman–Crippen MR) is 109 cm³/mol. The molecule has 1 atom stereocenters. The molecule has 2 aromatic carbocycles. The Hall–Kier alpha value is -3.67. The molecule has 140 valence electrons. The highest BCUT2D eigenvalue weighted by molar-refractivity contribution is 5.82. The standard InChI is InChI=1S/C22H20N4O2/c1-15(16-6-4-3-5-7-16)26(2)17-8-10-18(11-9-17)28-22-24-20-14-23-13-12-19(20)21(27)25-22/h3-15H,1-2H3,(H,24,25,27). The molecule has 1 unspecified atom stereocenters. The molecule has 4 aromatic rings. The lowest BCUT2D eigenvalue weighted by molar-refractivity contribution is 0.412. The van der Waals surface area contributed by atoms with Gasteiger partial charge in [0.15, 0.2) is 0 Å². The summed E-state index contributed by atoms with van der Waals surface area (Å²) in [5, 5.41) is 10.6. The molecular weight excluding hydrogens is 352 g/mol. The summed E-state index contributed by atoms with van der Waals surface area (Å²) in [6, 6.07) is 20.0. The van der Waals surface area contributed by atoms with Crippen molar-refractivity contribution < 1.29 is 9.84 Å². The van der Waals surface area contributed by atoms with Crippen molar-refractivity contribution in [3.63, 3.8) is 0 Å². The molecule has 2 aromatic heterocycles. The molecule has 0 spiro atoms. The van der Waals surface area contributed by atoms with Crippen LogP contribution < -0.4 is 9.64 Å². The summed E-state index contributed by atoms with van der Waals surface area (Å²) in [5.74, 6) is 0.461. The van der Waals surface area contributed by atoms with Gasteiger partial charge in [0.1, 0.15) is 5.75 Å². The second-order valence-corrected chi connectivity index (χ2v) is 6.52. The number of aromatic hydroxyl groups is 1. The molecule has 0 aliphatic carbocycles. The Bertz CT molecular complexity index is 1080. The topological polar surface area (TPSA) is 71.4 Å². The SMILES string of the molecule is CC(c1ccccc1)N(C)c1ccc(Oc2nc(O)c3ccncc3n2)cc1. The Balaban J connectivity index is 1.52. The lowest BCUT2D eigenvalue weighted by Crippen LogP contribution is -2.21. The van der Waals surface area contributed by atoms with Crippen molar-refractivity contribution in [1.82, 2.24) is 15.0 Å². The summed E-state index contributed by atoms with van der Waals surface area (Å²) in [4.78, 5) is 14.5. The quantitative estimate of drug-likeness (QED) is 0.546. The Morgan fingerprint density at radius 3 is 2.46 bits per heavy atom. The molecule has 4 rings (SSSR count). The van der Waals surface area contributed by atoms with Crippen LogP contribution in [0.1, 0.15) is 18.5 Å². The largest absolute Gasteiger partial charge is 0.493 e. The lowest BCUT2D eigenvalue weighted by Gasteiger charge is -2.27. The van der Waals surface area contributed by atoms with E-state index in [0.29, 0.717) is 16.7 Å². The van der Waals surface area contributed by atoms with Gasteiger partial charge >= 0.3 is 6.01 Å². The molecule has 1 N–H and O–H groups in total. The average Bonchev–Trinajstić information content (AvgIpc) is 2.74. The van der Waals surface area contributed by atoms with E-state index in [1.54, 1.807) is 18.5 Å². The van der Waals surface area contributed by atoms with Crippen LogP contribution in [0, 0.1) is 0 Å². The minimum absolute atomic E-state index is 0.0803. The van der Waals surface area contributed by atoms with Crippen molar-refractivity contribution in [2.45, 2.75) is 13.0 Å². The maximum Gasteiger partial charge on any atom is 0.325 e. The summed E-state index contributed by atoms with van der Waals surface area (Å²) in [7, 11) is 2.06. The number of pyridine rings is 1. The van der Waals surface area contributed by atoms with Gasteiger partial charge in [0.05, 0.1) is 23.1 Å². The van der Waals surface area contributed by atoms with Crippen molar-refractivity contribution >= 4 is 16.6 Å². The van der Waals surface area contributed by atoms with Crippen LogP contribution in [0.2, 0.25) is 0 Å². The van der Waals surface area contributed by atoms with Crippen LogP contribution in [0.25, 0.3) is 10.9 Å². The zero-order valence-electron chi connectivity index (χ0n) is 15.6. The van der Waals surface area contributed by atoms with Crippen molar-refractivity contribution in [3.05, 3.63) is 78.6 Å². The lowest BCUT2D eigenvalue weighted by atomic mass is 10.1. The second-order valence-electron chi connectivity index (χ2n) is 6.52. The van der Waals surface area contributed by atoms with Crippen molar-refractivity contribution in [3.8, 4) is 17.6 Å². The third-order valence-corrected chi connectivity index (χ3v) is 4.77. The number of rotatable bonds is 5. The fraction of sp³-hybridized carbons (Fsp3) is 0.136. The maximum atomic E-state index is 10.1. The Morgan fingerprint density at radius 2 is 1.71 bits per heavy atom. The smallest absolute Gasteiger partial charge is 0.325 e. The summed E-state index contributed by atoms with van der Waals surface area (Å²) >= 11 is 0. The Kier molecular flexibility index (Phi) is 4.76. The fourth-order valence-corrected chi connectivity index (χ4v) is 3.02. The van der Waals surface area contributed by atoms with E-state index in [0.717, 1.165) is 5.69 Å². The van der Waals surface area contributed by atoms with Crippen LogP contribution >= 0.6 is 0 Å². The molecule has 0 aliphatic heterocycles. The van der Waals surface area contributed by atoms with E-state index in [1.165, 1.54) is 5.56 Å². The van der Waals surface area contributed by atoms with Gasteiger partial charge in [-0.3, -0.25) is 4.98 Å². The monoisotopic (exact) mass is 372 g/mol. The van der Waals surface area contributed by atoms with E-state index in [9.17, 15) is 5.11 Å². The highest BCUT2D eigenvalue weighted by Crippen LogP contribution is 2.29. The third kappa shape index (κ3) is 3.57. The number of nitrogens with zero attached hydrogens (tertiary/aromatic N) is 4. The maximum absolute atomic E-state index is 10.1. The van der Waals surface area contributed by atoms with E-state index in [-0.39, 0.29) is 17.9 Å². The summed E-state index contributed by atoms with van der Waals surface area (Å²) in [6.07, 6.45) is 3.14. The molecule has 6 heteroatoms. The van der Waals surface area contributed by atoms with Gasteiger partial charge < -0.3 is 14.7 Å². The molecule has 0 saturated carbocycles. The Labute approximate surface area is 163 Å². The van der Waals surface area contributed by atoms with Crippen LogP contribution in [0.4, 0.5) is 5.69 Å². The molecular formula is C22H20N4O2. The summed E-state index contributed by atoms with van der Waals surface area (Å²) in [6.45, 7) is 2.17. The minimum atomic E-state index is -0.129. The number of anilines is 1. The number of fused-ring (bicyclic) bond motifs is 1. The van der Waals surface area contributed by atoms with E-state index in [1.807, 2.05) is 42.5 Å². The third-order valence-electron chi connectivity index (χ3n) is 4.77. The molecule has 0 bridgehead atoms. The van der Waals surface area contributed by atoms with E-state index >= 15 is 0 Å². The van der Waals surface area contributed by atoms with Crippen LogP contribution in [0.3, 0.4) is 0 Å². The fourth-order valence-electron chi connectivity index (χ4n) is 3.02. The van der Waals surface area contributed by atoms with Gasteiger partial charge in [-0.05, 0) is 42.8 Å². The van der Waals surface area contributed by atoms with Crippen LogP contribution in [-0.2, 0) is 0 Å². The second kappa shape index (κ2) is 7.52. The molecule has 28 heavy (non-hydrogen) atoms. The average molecular weight is 372 g/mol. The van der Waals surface area contributed by atoms with E-state index < -0.39 is 0 Å². The van der Waals surface area contributed by atoms with Gasteiger partial charge in [-0.15, -0.1) is 0 Å². The predicted octanol–water partition coefficient (Wildman–Crippen LogP) is 4.72. The van der Waals surface area contributed by atoms with Crippen molar-refractivity contribution in [2.24, 2.45) is 0 Å². The van der Waals surface area contributed by atoms with Crippen LogP contribution in [-0.4, -0.2) is 27.1 Å². The number of aromatic nitrogens is 3. The van der Waals surface area contributed by atoms with Gasteiger partial charge in [0.2, 0.25) is 5.88 Å². The highest BCUT2D eigenvalue weighted by atomic mass is 16.5. The first-order chi connectivity index (χ1) is 13.6. The van der Waals surface area contributed by atoms with E-state index in [4.69, 9.17) is 4.74 Å². The summed E-state index contributed by atoms with van der Waals surface area (Å²) < 4.78 is 5.72. The first-order valence-electron chi connectivity index (χ1n) is 8.98. The molecule has 0 saturated heterocycles.